The Morgan fingerprint density at radius 2 is 1.64 bits per heavy atom. The van der Waals surface area contributed by atoms with Gasteiger partial charge in [-0.15, -0.1) is 0 Å². The second-order valence-electron chi connectivity index (χ2n) is 8.06. The number of ketones is 1. The molecule has 1 N–H and O–H groups in total. The molecule has 1 amide bonds. The number of amides is 1. The first-order valence-corrected chi connectivity index (χ1v) is 10.9. The van der Waals surface area contributed by atoms with Crippen LogP contribution in [-0.4, -0.2) is 16.8 Å². The Labute approximate surface area is 205 Å². The lowest BCUT2D eigenvalue weighted by molar-refractivity contribution is -0.137. The number of anilines is 1. The van der Waals surface area contributed by atoms with Crippen molar-refractivity contribution < 1.29 is 36.7 Å². The number of halogens is 5. The van der Waals surface area contributed by atoms with Gasteiger partial charge in [0.2, 0.25) is 5.78 Å². The number of aliphatic hydroxyl groups is 1. The van der Waals surface area contributed by atoms with Crippen molar-refractivity contribution in [2.75, 3.05) is 4.90 Å². The van der Waals surface area contributed by atoms with Gasteiger partial charge in [-0.3, -0.25) is 14.5 Å². The van der Waals surface area contributed by atoms with E-state index >= 15 is 0 Å². The molecule has 36 heavy (non-hydrogen) atoms. The van der Waals surface area contributed by atoms with Crippen LogP contribution in [0.5, 0.6) is 0 Å². The van der Waals surface area contributed by atoms with Crippen molar-refractivity contribution in [3.8, 4) is 0 Å². The third-order valence-corrected chi connectivity index (χ3v) is 6.05. The molecule has 3 aromatic carbocycles. The molecular formula is C26H14ClF4NO4. The largest absolute Gasteiger partial charge is 0.503 e. The molecule has 0 spiro atoms. The van der Waals surface area contributed by atoms with Gasteiger partial charge in [-0.25, -0.2) is 4.39 Å². The van der Waals surface area contributed by atoms with Crippen LogP contribution in [0.4, 0.5) is 23.2 Å². The van der Waals surface area contributed by atoms with Gasteiger partial charge >= 0.3 is 6.18 Å². The van der Waals surface area contributed by atoms with E-state index in [9.17, 15) is 32.3 Å². The first kappa shape index (κ1) is 23.6. The highest BCUT2D eigenvalue weighted by Gasteiger charge is 2.45. The third-order valence-electron chi connectivity index (χ3n) is 5.81. The number of carbonyl (C=O) groups excluding carboxylic acids is 2. The topological polar surface area (TPSA) is 70.8 Å². The maximum absolute atomic E-state index is 13.6. The van der Waals surface area contributed by atoms with Gasteiger partial charge < -0.3 is 9.52 Å². The van der Waals surface area contributed by atoms with Crippen LogP contribution < -0.4 is 4.90 Å². The van der Waals surface area contributed by atoms with Crippen molar-refractivity contribution >= 4 is 39.9 Å². The smallest absolute Gasteiger partial charge is 0.416 e. The molecule has 0 fully saturated rings. The highest BCUT2D eigenvalue weighted by molar-refractivity contribution is 6.31. The molecule has 182 valence electrons. The number of fused-ring (bicyclic) bond motifs is 1. The molecule has 1 aliphatic rings. The fraction of sp³-hybridized carbons (Fsp3) is 0.0769. The van der Waals surface area contributed by atoms with Crippen LogP contribution in [0.1, 0.15) is 27.7 Å². The summed E-state index contributed by atoms with van der Waals surface area (Å²) in [5.41, 5.74) is -0.725. The fourth-order valence-electron chi connectivity index (χ4n) is 4.13. The average molecular weight is 516 g/mol. The zero-order valence-electron chi connectivity index (χ0n) is 18.0. The number of hydrogen-bond acceptors (Lipinski definition) is 4. The summed E-state index contributed by atoms with van der Waals surface area (Å²) in [6, 6.07) is 13.3. The molecule has 2 heterocycles. The Kier molecular flexibility index (Phi) is 5.60. The number of nitrogens with zero attached hydrogens (tertiary/aromatic N) is 1. The molecule has 4 aromatic rings. The van der Waals surface area contributed by atoms with Gasteiger partial charge in [0.25, 0.3) is 5.91 Å². The first-order valence-electron chi connectivity index (χ1n) is 10.5. The van der Waals surface area contributed by atoms with Crippen molar-refractivity contribution in [2.45, 2.75) is 12.2 Å². The molecule has 0 bridgehead atoms. The predicted molar refractivity (Wildman–Crippen MR) is 123 cm³/mol. The van der Waals surface area contributed by atoms with Gasteiger partial charge in [0.05, 0.1) is 17.2 Å². The maximum atomic E-state index is 13.6. The van der Waals surface area contributed by atoms with Gasteiger partial charge in [-0.05, 0) is 66.2 Å². The molecule has 5 nitrogen and oxygen atoms in total. The van der Waals surface area contributed by atoms with E-state index in [-0.39, 0.29) is 22.6 Å². The van der Waals surface area contributed by atoms with E-state index in [1.165, 1.54) is 18.2 Å². The third kappa shape index (κ3) is 4.01. The summed E-state index contributed by atoms with van der Waals surface area (Å²) in [5, 5.41) is 11.7. The number of carbonyl (C=O) groups is 2. The van der Waals surface area contributed by atoms with Crippen molar-refractivity contribution in [2.24, 2.45) is 0 Å². The highest BCUT2D eigenvalue weighted by atomic mass is 35.5. The van der Waals surface area contributed by atoms with Crippen molar-refractivity contribution in [1.82, 2.24) is 0 Å². The van der Waals surface area contributed by atoms with Crippen molar-refractivity contribution in [1.29, 1.82) is 0 Å². The van der Waals surface area contributed by atoms with Crippen LogP contribution in [0.2, 0.25) is 5.02 Å². The van der Waals surface area contributed by atoms with Crippen LogP contribution in [-0.2, 0) is 11.0 Å². The van der Waals surface area contributed by atoms with Gasteiger partial charge in [0.1, 0.15) is 11.4 Å². The Balaban J connectivity index is 1.63. The summed E-state index contributed by atoms with van der Waals surface area (Å²) in [6.07, 6.45) is -4.60. The molecule has 1 atom stereocenters. The monoisotopic (exact) mass is 515 g/mol. The lowest BCUT2D eigenvalue weighted by Crippen LogP contribution is -2.31. The van der Waals surface area contributed by atoms with Crippen LogP contribution in [0.15, 0.2) is 88.5 Å². The zero-order chi connectivity index (χ0) is 25.8. The molecule has 1 unspecified atom stereocenters. The van der Waals surface area contributed by atoms with E-state index in [1.54, 1.807) is 18.2 Å². The number of hydrogen-bond donors (Lipinski definition) is 1. The van der Waals surface area contributed by atoms with E-state index in [2.05, 4.69) is 0 Å². The minimum absolute atomic E-state index is 0.00642. The number of benzene rings is 3. The maximum Gasteiger partial charge on any atom is 0.416 e. The number of furan rings is 1. The van der Waals surface area contributed by atoms with E-state index in [0.29, 0.717) is 16.0 Å². The first-order chi connectivity index (χ1) is 17.0. The highest BCUT2D eigenvalue weighted by Crippen LogP contribution is 2.43. The van der Waals surface area contributed by atoms with Crippen molar-refractivity contribution in [3.63, 3.8) is 0 Å². The molecule has 0 radical (unpaired) electrons. The van der Waals surface area contributed by atoms with Crippen LogP contribution in [0.25, 0.3) is 11.0 Å². The van der Waals surface area contributed by atoms with E-state index in [1.807, 2.05) is 0 Å². The molecule has 10 heteroatoms. The van der Waals surface area contributed by atoms with Crippen LogP contribution in [0.3, 0.4) is 0 Å². The number of aliphatic hydroxyl groups excluding tert-OH is 1. The minimum Gasteiger partial charge on any atom is -0.503 e. The number of rotatable bonds is 4. The Bertz CT molecular complexity index is 1540. The summed E-state index contributed by atoms with van der Waals surface area (Å²) in [6.45, 7) is 0. The second kappa shape index (κ2) is 8.53. The summed E-state index contributed by atoms with van der Waals surface area (Å²) in [7, 11) is 0. The Morgan fingerprint density at radius 3 is 2.28 bits per heavy atom. The SMILES string of the molecule is O=C(C1=C(O)C(=O)N(c2ccc(C(F)(F)F)cc2)C1c1ccc(F)cc1)c1cc2cc(Cl)ccc2o1. The zero-order valence-corrected chi connectivity index (χ0v) is 18.8. The Hall–Kier alpha value is -4.11. The standard InChI is InChI=1S/C26H14ClF4NO4/c27-16-5-10-19-14(11-16)12-20(36-19)23(33)21-22(13-1-6-17(28)7-2-13)32(25(35)24(21)34)18-8-3-15(4-9-18)26(29,30)31/h1-12,22,34H. The average Bonchev–Trinajstić information content (AvgIpc) is 3.37. The molecule has 0 aliphatic carbocycles. The summed E-state index contributed by atoms with van der Waals surface area (Å²) < 4.78 is 58.4. The molecule has 0 saturated carbocycles. The minimum atomic E-state index is -4.60. The summed E-state index contributed by atoms with van der Waals surface area (Å²) in [5.74, 6) is -3.50. The molecule has 1 aromatic heterocycles. The molecule has 0 saturated heterocycles. The van der Waals surface area contributed by atoms with E-state index < -0.39 is 41.0 Å². The van der Waals surface area contributed by atoms with Gasteiger partial charge in [0, 0.05) is 16.1 Å². The van der Waals surface area contributed by atoms with Crippen LogP contribution in [0, 0.1) is 5.82 Å². The van der Waals surface area contributed by atoms with E-state index in [0.717, 1.165) is 41.3 Å². The quantitative estimate of drug-likeness (QED) is 0.234. The van der Waals surface area contributed by atoms with E-state index in [4.69, 9.17) is 16.0 Å². The number of alkyl halides is 3. The second-order valence-corrected chi connectivity index (χ2v) is 8.49. The van der Waals surface area contributed by atoms with Crippen LogP contribution >= 0.6 is 11.6 Å². The summed E-state index contributed by atoms with van der Waals surface area (Å²) >= 11 is 5.99. The summed E-state index contributed by atoms with van der Waals surface area (Å²) in [4.78, 5) is 27.6. The molecule has 1 aliphatic heterocycles. The van der Waals surface area contributed by atoms with Gasteiger partial charge in [-0.2, -0.15) is 13.2 Å². The Morgan fingerprint density at radius 1 is 0.972 bits per heavy atom. The van der Waals surface area contributed by atoms with Gasteiger partial charge in [-0.1, -0.05) is 23.7 Å². The molecule has 5 rings (SSSR count). The molecular weight excluding hydrogens is 502 g/mol. The normalized spacial score (nSPS) is 16.3. The fourth-order valence-corrected chi connectivity index (χ4v) is 4.31. The van der Waals surface area contributed by atoms with Crippen molar-refractivity contribution in [3.05, 3.63) is 112 Å². The lowest BCUT2D eigenvalue weighted by Gasteiger charge is -2.27. The predicted octanol–water partition coefficient (Wildman–Crippen LogP) is 7.03. The lowest BCUT2D eigenvalue weighted by atomic mass is 9.94. The number of Topliss-reactive ketones (excluding diaryl/α,β-unsaturated/α-hetero) is 1. The van der Waals surface area contributed by atoms with Gasteiger partial charge in [0.15, 0.2) is 11.5 Å².